The Balaban J connectivity index is 1.13. The van der Waals surface area contributed by atoms with E-state index in [4.69, 9.17) is 9.84 Å². The summed E-state index contributed by atoms with van der Waals surface area (Å²) in [5.74, 6) is -0.271. The summed E-state index contributed by atoms with van der Waals surface area (Å²) in [5.41, 5.74) is 5.11. The van der Waals surface area contributed by atoms with E-state index < -0.39 is 18.0 Å². The molecule has 2 aromatic carbocycles. The molecule has 0 bridgehead atoms. The summed E-state index contributed by atoms with van der Waals surface area (Å²) in [6.07, 6.45) is -2.31. The highest BCUT2D eigenvalue weighted by molar-refractivity contribution is 6.00. The maximum Gasteiger partial charge on any atom is 0.451 e. The van der Waals surface area contributed by atoms with Gasteiger partial charge in [-0.2, -0.15) is 18.3 Å². The first-order valence-corrected chi connectivity index (χ1v) is 16.3. The summed E-state index contributed by atoms with van der Waals surface area (Å²) in [7, 11) is 0. The molecule has 14 heteroatoms. The number of urea groups is 1. The van der Waals surface area contributed by atoms with E-state index in [9.17, 15) is 22.8 Å². The highest BCUT2D eigenvalue weighted by Gasteiger charge is 2.40. The van der Waals surface area contributed by atoms with Crippen LogP contribution in [0.3, 0.4) is 0 Å². The Morgan fingerprint density at radius 3 is 2.27 bits per heavy atom. The first-order valence-electron chi connectivity index (χ1n) is 16.3. The van der Waals surface area contributed by atoms with Gasteiger partial charge in [-0.15, -0.1) is 10.2 Å². The van der Waals surface area contributed by atoms with Crippen LogP contribution in [-0.4, -0.2) is 54.5 Å². The van der Waals surface area contributed by atoms with Crippen LogP contribution in [0.5, 0.6) is 5.75 Å². The minimum absolute atomic E-state index is 0.000356. The van der Waals surface area contributed by atoms with E-state index in [-0.39, 0.29) is 48.8 Å². The average Bonchev–Trinajstić information content (AvgIpc) is 3.78. The predicted octanol–water partition coefficient (Wildman–Crippen LogP) is 6.63. The molecule has 0 unspecified atom stereocenters. The fraction of sp³-hybridized carbons (Fsp3) is 0.457. The maximum absolute atomic E-state index is 13.4. The van der Waals surface area contributed by atoms with Crippen molar-refractivity contribution in [2.24, 2.45) is 0 Å². The molecule has 6 rings (SSSR count). The van der Waals surface area contributed by atoms with Gasteiger partial charge in [-0.05, 0) is 65.6 Å². The van der Waals surface area contributed by atoms with Crippen molar-refractivity contribution < 1.29 is 27.5 Å². The number of ether oxygens (including phenoxy) is 1. The normalized spacial score (nSPS) is 14.8. The van der Waals surface area contributed by atoms with Crippen LogP contribution >= 0.6 is 0 Å². The smallest absolute Gasteiger partial charge is 0.451 e. The quantitative estimate of drug-likeness (QED) is 0.236. The number of hydrogen-bond acceptors (Lipinski definition) is 6. The minimum atomic E-state index is -4.61. The Labute approximate surface area is 282 Å². The van der Waals surface area contributed by atoms with Gasteiger partial charge in [0.05, 0.1) is 17.9 Å². The van der Waals surface area contributed by atoms with E-state index in [1.807, 2.05) is 18.2 Å². The Bertz CT molecular complexity index is 1880. The monoisotopic (exact) mass is 678 g/mol. The molecule has 1 aliphatic heterocycles. The second kappa shape index (κ2) is 12.5. The van der Waals surface area contributed by atoms with Crippen LogP contribution in [-0.2, 0) is 47.7 Å². The predicted molar refractivity (Wildman–Crippen MR) is 178 cm³/mol. The van der Waals surface area contributed by atoms with E-state index in [1.54, 1.807) is 16.8 Å². The van der Waals surface area contributed by atoms with Gasteiger partial charge >= 0.3 is 12.2 Å². The average molecular weight is 679 g/mol. The molecule has 2 aliphatic rings. The van der Waals surface area contributed by atoms with Gasteiger partial charge in [-0.1, -0.05) is 53.7 Å². The minimum Gasteiger partial charge on any atom is -0.483 e. The molecule has 3 amide bonds. The number of fused-ring (bicyclic) bond motifs is 2. The third-order valence-corrected chi connectivity index (χ3v) is 8.90. The van der Waals surface area contributed by atoms with Crippen molar-refractivity contribution in [1.29, 1.82) is 0 Å². The Hall–Kier alpha value is -4.88. The molecule has 0 radical (unpaired) electrons. The molecular formula is C35H41F3N8O3. The number of carbonyl (C=O) groups is 2. The SMILES string of the molecule is CC(C)(C)c1ccc(-n2nc(C(C)(C)C)cc2NC(=O)Nc2ccc(OCC(=O)N3CCn4c(nnc4C(F)(F)F)C3)c3c2CCC3)cc1. The van der Waals surface area contributed by atoms with Crippen LogP contribution in [0.1, 0.15) is 82.0 Å². The lowest BCUT2D eigenvalue weighted by molar-refractivity contribution is -0.148. The second-order valence-corrected chi connectivity index (χ2v) is 14.6. The van der Waals surface area contributed by atoms with E-state index in [1.165, 1.54) is 10.5 Å². The summed E-state index contributed by atoms with van der Waals surface area (Å²) >= 11 is 0. The Morgan fingerprint density at radius 2 is 1.59 bits per heavy atom. The number of rotatable bonds is 6. The Kier molecular flexibility index (Phi) is 8.70. The third kappa shape index (κ3) is 7.13. The molecule has 260 valence electrons. The van der Waals surface area contributed by atoms with Gasteiger partial charge in [0.25, 0.3) is 5.91 Å². The molecule has 2 aromatic heterocycles. The van der Waals surface area contributed by atoms with E-state index in [2.05, 4.69) is 74.5 Å². The number of benzene rings is 2. The number of carbonyl (C=O) groups excluding carboxylic acids is 2. The highest BCUT2D eigenvalue weighted by atomic mass is 19.4. The van der Waals surface area contributed by atoms with Crippen molar-refractivity contribution in [3.05, 3.63) is 76.5 Å². The van der Waals surface area contributed by atoms with Gasteiger partial charge in [-0.25, -0.2) is 9.48 Å². The first-order chi connectivity index (χ1) is 23.0. The number of anilines is 2. The molecule has 4 aromatic rings. The summed E-state index contributed by atoms with van der Waals surface area (Å²) in [6.45, 7) is 12.3. The zero-order valence-electron chi connectivity index (χ0n) is 28.5. The first kappa shape index (κ1) is 34.0. The van der Waals surface area contributed by atoms with Crippen molar-refractivity contribution >= 4 is 23.4 Å². The van der Waals surface area contributed by atoms with Crippen LogP contribution < -0.4 is 15.4 Å². The number of aromatic nitrogens is 5. The van der Waals surface area contributed by atoms with Gasteiger partial charge in [0, 0.05) is 30.3 Å². The summed E-state index contributed by atoms with van der Waals surface area (Å²) in [5, 5.41) is 17.7. The second-order valence-electron chi connectivity index (χ2n) is 14.6. The molecule has 3 heterocycles. The topological polar surface area (TPSA) is 119 Å². The standard InChI is InChI=1S/C35H41F3N8O3/c1-33(2,3)21-10-12-22(13-11-21)46-28(18-27(43-46)34(4,5)6)40-32(48)39-25-14-15-26(24-9-7-8-23(24)25)49-20-30(47)44-16-17-45-29(19-44)41-42-31(45)35(36,37)38/h10-15,18H,7-9,16-17,19-20H2,1-6H3,(H2,39,40,48). The fourth-order valence-corrected chi connectivity index (χ4v) is 6.14. The number of alkyl halides is 3. The molecule has 2 N–H and O–H groups in total. The lowest BCUT2D eigenvalue weighted by Crippen LogP contribution is -2.41. The van der Waals surface area contributed by atoms with E-state index in [0.29, 0.717) is 17.3 Å². The molecule has 0 spiro atoms. The zero-order chi connectivity index (χ0) is 35.3. The fourth-order valence-electron chi connectivity index (χ4n) is 6.14. The van der Waals surface area contributed by atoms with Gasteiger partial charge in [-0.3, -0.25) is 10.1 Å². The number of halogens is 3. The van der Waals surface area contributed by atoms with Crippen LogP contribution in [0.2, 0.25) is 0 Å². The van der Waals surface area contributed by atoms with Crippen LogP contribution in [0.25, 0.3) is 5.69 Å². The van der Waals surface area contributed by atoms with Crippen molar-refractivity contribution in [3.63, 3.8) is 0 Å². The molecular weight excluding hydrogens is 637 g/mol. The lowest BCUT2D eigenvalue weighted by Gasteiger charge is -2.28. The number of hydrogen-bond donors (Lipinski definition) is 2. The van der Waals surface area contributed by atoms with Crippen LogP contribution in [0, 0.1) is 0 Å². The van der Waals surface area contributed by atoms with Crippen molar-refractivity contribution in [1.82, 2.24) is 29.4 Å². The molecule has 1 aliphatic carbocycles. The molecule has 0 atom stereocenters. The van der Waals surface area contributed by atoms with Crippen LogP contribution in [0.15, 0.2) is 42.5 Å². The third-order valence-electron chi connectivity index (χ3n) is 8.90. The summed E-state index contributed by atoms with van der Waals surface area (Å²) in [6, 6.07) is 13.1. The zero-order valence-corrected chi connectivity index (χ0v) is 28.5. The largest absolute Gasteiger partial charge is 0.483 e. The van der Waals surface area contributed by atoms with Gasteiger partial charge < -0.3 is 19.5 Å². The van der Waals surface area contributed by atoms with Crippen molar-refractivity contribution in [3.8, 4) is 11.4 Å². The van der Waals surface area contributed by atoms with Gasteiger partial charge in [0.1, 0.15) is 11.6 Å². The van der Waals surface area contributed by atoms with Crippen LogP contribution in [0.4, 0.5) is 29.5 Å². The van der Waals surface area contributed by atoms with Crippen molar-refractivity contribution in [2.75, 3.05) is 23.8 Å². The molecule has 11 nitrogen and oxygen atoms in total. The van der Waals surface area contributed by atoms with E-state index >= 15 is 0 Å². The van der Waals surface area contributed by atoms with E-state index in [0.717, 1.165) is 46.3 Å². The maximum atomic E-state index is 13.4. The van der Waals surface area contributed by atoms with Gasteiger partial charge in [0.2, 0.25) is 5.82 Å². The Morgan fingerprint density at radius 1 is 0.878 bits per heavy atom. The summed E-state index contributed by atoms with van der Waals surface area (Å²) in [4.78, 5) is 27.8. The molecule has 49 heavy (non-hydrogen) atoms. The lowest BCUT2D eigenvalue weighted by atomic mass is 9.87. The van der Waals surface area contributed by atoms with Gasteiger partial charge in [0.15, 0.2) is 12.4 Å². The number of nitrogens with zero attached hydrogens (tertiary/aromatic N) is 6. The molecule has 0 saturated heterocycles. The number of nitrogens with one attached hydrogen (secondary N) is 2. The highest BCUT2D eigenvalue weighted by Crippen LogP contribution is 2.37. The summed E-state index contributed by atoms with van der Waals surface area (Å²) < 4.78 is 48.2. The van der Waals surface area contributed by atoms with Crippen molar-refractivity contribution in [2.45, 2.75) is 90.9 Å². The molecule has 0 saturated carbocycles. The molecule has 0 fully saturated rings. The number of amides is 3.